The van der Waals surface area contributed by atoms with Crippen LogP contribution in [0, 0.1) is 0 Å². The summed E-state index contributed by atoms with van der Waals surface area (Å²) in [5, 5.41) is 9.68. The van der Waals surface area contributed by atoms with Gasteiger partial charge in [0.1, 0.15) is 5.52 Å². The lowest BCUT2D eigenvalue weighted by Crippen LogP contribution is -2.32. The quantitative estimate of drug-likeness (QED) is 0.477. The van der Waals surface area contributed by atoms with Crippen molar-refractivity contribution in [1.82, 2.24) is 15.2 Å². The molecular formula is C13H9N3O3. The molecule has 0 saturated carbocycles. The van der Waals surface area contributed by atoms with Crippen LogP contribution >= 0.6 is 0 Å². The van der Waals surface area contributed by atoms with Crippen LogP contribution in [0.4, 0.5) is 0 Å². The van der Waals surface area contributed by atoms with Crippen molar-refractivity contribution >= 4 is 27.6 Å². The molecule has 0 atom stereocenters. The SMILES string of the molecule is CC(=O)On1nnc2cc3ccccc3cc2c1=O. The average molecular weight is 255 g/mol. The molecule has 3 aromatic rings. The fourth-order valence-corrected chi connectivity index (χ4v) is 1.90. The van der Waals surface area contributed by atoms with Gasteiger partial charge in [-0.15, -0.1) is 5.10 Å². The van der Waals surface area contributed by atoms with Gasteiger partial charge in [-0.05, 0) is 33.0 Å². The minimum absolute atomic E-state index is 0.356. The Morgan fingerprint density at radius 1 is 1.21 bits per heavy atom. The fourth-order valence-electron chi connectivity index (χ4n) is 1.90. The van der Waals surface area contributed by atoms with E-state index in [1.165, 1.54) is 6.92 Å². The Labute approximate surface area is 107 Å². The highest BCUT2D eigenvalue weighted by molar-refractivity contribution is 5.95. The molecule has 0 saturated heterocycles. The Bertz CT molecular complexity index is 854. The van der Waals surface area contributed by atoms with Gasteiger partial charge in [-0.2, -0.15) is 0 Å². The lowest BCUT2D eigenvalue weighted by molar-refractivity contribution is -0.143. The number of aromatic nitrogens is 3. The van der Waals surface area contributed by atoms with Gasteiger partial charge in [0.05, 0.1) is 5.39 Å². The molecule has 0 spiro atoms. The summed E-state index contributed by atoms with van der Waals surface area (Å²) >= 11 is 0. The zero-order chi connectivity index (χ0) is 13.4. The van der Waals surface area contributed by atoms with Gasteiger partial charge in [0, 0.05) is 6.92 Å². The molecule has 0 fully saturated rings. The van der Waals surface area contributed by atoms with E-state index in [1.807, 2.05) is 24.3 Å². The van der Waals surface area contributed by atoms with Crippen molar-refractivity contribution in [2.24, 2.45) is 0 Å². The Morgan fingerprint density at radius 3 is 2.58 bits per heavy atom. The van der Waals surface area contributed by atoms with Crippen LogP contribution in [0.15, 0.2) is 41.2 Å². The van der Waals surface area contributed by atoms with Crippen molar-refractivity contribution in [2.45, 2.75) is 6.92 Å². The monoisotopic (exact) mass is 255 g/mol. The molecule has 0 amide bonds. The molecule has 0 aliphatic carbocycles. The van der Waals surface area contributed by atoms with Crippen molar-refractivity contribution in [1.29, 1.82) is 0 Å². The van der Waals surface area contributed by atoms with E-state index in [2.05, 4.69) is 15.1 Å². The summed E-state index contributed by atoms with van der Waals surface area (Å²) in [7, 11) is 0. The van der Waals surface area contributed by atoms with Gasteiger partial charge in [0.25, 0.3) is 0 Å². The maximum Gasteiger partial charge on any atom is 0.332 e. The van der Waals surface area contributed by atoms with Crippen LogP contribution in [-0.4, -0.2) is 21.1 Å². The van der Waals surface area contributed by atoms with E-state index in [9.17, 15) is 9.59 Å². The third-order valence-electron chi connectivity index (χ3n) is 2.72. The van der Waals surface area contributed by atoms with Crippen LogP contribution in [-0.2, 0) is 4.79 Å². The minimum atomic E-state index is -0.628. The molecule has 1 aromatic heterocycles. The fraction of sp³-hybridized carbons (Fsp3) is 0.0769. The van der Waals surface area contributed by atoms with E-state index in [0.29, 0.717) is 15.7 Å². The van der Waals surface area contributed by atoms with Crippen molar-refractivity contribution < 1.29 is 9.63 Å². The van der Waals surface area contributed by atoms with Gasteiger partial charge in [-0.1, -0.05) is 24.3 Å². The summed E-state index contributed by atoms with van der Waals surface area (Å²) in [6, 6.07) is 11.1. The minimum Gasteiger partial charge on any atom is -0.314 e. The van der Waals surface area contributed by atoms with E-state index in [1.54, 1.807) is 12.1 Å². The third kappa shape index (κ3) is 1.93. The van der Waals surface area contributed by atoms with Crippen molar-refractivity contribution in [3.63, 3.8) is 0 Å². The molecule has 2 aromatic carbocycles. The summed E-state index contributed by atoms with van der Waals surface area (Å²) in [6.45, 7) is 1.19. The molecular weight excluding hydrogens is 246 g/mol. The summed E-state index contributed by atoms with van der Waals surface area (Å²) < 4.78 is 0. The topological polar surface area (TPSA) is 74.1 Å². The first kappa shape index (κ1) is 11.3. The highest BCUT2D eigenvalue weighted by Gasteiger charge is 2.09. The van der Waals surface area contributed by atoms with E-state index < -0.39 is 11.5 Å². The number of carbonyl (C=O) groups excluding carboxylic acids is 1. The predicted octanol–water partition coefficient (Wildman–Crippen LogP) is 0.920. The number of rotatable bonds is 1. The molecule has 3 rings (SSSR count). The lowest BCUT2D eigenvalue weighted by atomic mass is 10.1. The molecule has 19 heavy (non-hydrogen) atoms. The van der Waals surface area contributed by atoms with E-state index in [-0.39, 0.29) is 0 Å². The Hall–Kier alpha value is -2.76. The molecule has 6 heteroatoms. The summed E-state index contributed by atoms with van der Waals surface area (Å²) in [6.07, 6.45) is 0. The molecule has 94 valence electrons. The van der Waals surface area contributed by atoms with Gasteiger partial charge < -0.3 is 4.84 Å². The van der Waals surface area contributed by atoms with Crippen LogP contribution in [0.5, 0.6) is 0 Å². The number of hydrogen-bond acceptors (Lipinski definition) is 5. The van der Waals surface area contributed by atoms with Crippen LogP contribution in [0.3, 0.4) is 0 Å². The molecule has 6 nitrogen and oxygen atoms in total. The van der Waals surface area contributed by atoms with E-state index >= 15 is 0 Å². The predicted molar refractivity (Wildman–Crippen MR) is 68.6 cm³/mol. The Kier molecular flexibility index (Phi) is 2.49. The molecule has 0 radical (unpaired) electrons. The molecule has 0 aliphatic rings. The first-order chi connectivity index (χ1) is 9.15. The largest absolute Gasteiger partial charge is 0.332 e. The highest BCUT2D eigenvalue weighted by Crippen LogP contribution is 2.18. The van der Waals surface area contributed by atoms with Gasteiger partial charge >= 0.3 is 11.5 Å². The zero-order valence-corrected chi connectivity index (χ0v) is 10.0. The zero-order valence-electron chi connectivity index (χ0n) is 10.0. The summed E-state index contributed by atoms with van der Waals surface area (Å²) in [5.41, 5.74) is -0.0435. The lowest BCUT2D eigenvalue weighted by Gasteiger charge is -2.04. The standard InChI is InChI=1S/C13H9N3O3/c1-8(17)19-16-13(18)11-6-9-4-2-3-5-10(9)7-12(11)14-15-16/h2-7H,1H3. The smallest absolute Gasteiger partial charge is 0.314 e. The van der Waals surface area contributed by atoms with Crippen LogP contribution in [0.25, 0.3) is 21.7 Å². The molecule has 0 bridgehead atoms. The Balaban J connectivity index is 2.33. The van der Waals surface area contributed by atoms with Gasteiger partial charge in [-0.25, -0.2) is 4.79 Å². The summed E-state index contributed by atoms with van der Waals surface area (Å²) in [4.78, 5) is 28.2. The average Bonchev–Trinajstić information content (AvgIpc) is 2.40. The second-order valence-corrected chi connectivity index (χ2v) is 4.07. The Morgan fingerprint density at radius 2 is 1.89 bits per heavy atom. The number of fused-ring (bicyclic) bond motifs is 2. The van der Waals surface area contributed by atoms with Crippen LogP contribution in [0.2, 0.25) is 0 Å². The van der Waals surface area contributed by atoms with E-state index in [0.717, 1.165) is 10.8 Å². The van der Waals surface area contributed by atoms with Gasteiger partial charge in [0.15, 0.2) is 0 Å². The van der Waals surface area contributed by atoms with Crippen molar-refractivity contribution in [3.8, 4) is 0 Å². The molecule has 0 unspecified atom stereocenters. The second-order valence-electron chi connectivity index (χ2n) is 4.07. The number of nitrogens with zero attached hydrogens (tertiary/aromatic N) is 3. The van der Waals surface area contributed by atoms with E-state index in [4.69, 9.17) is 0 Å². The van der Waals surface area contributed by atoms with Crippen molar-refractivity contribution in [3.05, 3.63) is 46.8 Å². The van der Waals surface area contributed by atoms with Crippen molar-refractivity contribution in [2.75, 3.05) is 0 Å². The maximum atomic E-state index is 12.1. The number of hydrogen-bond donors (Lipinski definition) is 0. The van der Waals surface area contributed by atoms with Crippen LogP contribution in [0.1, 0.15) is 6.92 Å². The number of benzene rings is 2. The van der Waals surface area contributed by atoms with Crippen LogP contribution < -0.4 is 10.4 Å². The maximum absolute atomic E-state index is 12.1. The van der Waals surface area contributed by atoms with Gasteiger partial charge in [-0.3, -0.25) is 4.79 Å². The second kappa shape index (κ2) is 4.16. The normalized spacial score (nSPS) is 10.8. The van der Waals surface area contributed by atoms with Gasteiger partial charge in [0.2, 0.25) is 0 Å². The first-order valence-electron chi connectivity index (χ1n) is 5.62. The highest BCUT2D eigenvalue weighted by atomic mass is 16.7. The molecule has 0 N–H and O–H groups in total. The summed E-state index contributed by atoms with van der Waals surface area (Å²) in [5.74, 6) is -0.628. The molecule has 0 aliphatic heterocycles. The number of carbonyl (C=O) groups is 1. The first-order valence-corrected chi connectivity index (χ1v) is 5.62. The third-order valence-corrected chi connectivity index (χ3v) is 2.72. The molecule has 1 heterocycles.